The molecule has 0 unspecified atom stereocenters. The number of ether oxygens (including phenoxy) is 2. The van der Waals surface area contributed by atoms with Crippen LogP contribution in [0.15, 0.2) is 6.33 Å². The third kappa shape index (κ3) is 4.28. The molecule has 0 bridgehead atoms. The van der Waals surface area contributed by atoms with Gasteiger partial charge < -0.3 is 34.5 Å². The van der Waals surface area contributed by atoms with Gasteiger partial charge in [0, 0.05) is 39.3 Å². The molecule has 3 N–H and O–H groups in total. The molecule has 6 rings (SSSR count). The molecule has 2 aromatic rings. The van der Waals surface area contributed by atoms with E-state index in [-0.39, 0.29) is 17.1 Å². The van der Waals surface area contributed by atoms with Crippen LogP contribution in [0.1, 0.15) is 38.1 Å². The van der Waals surface area contributed by atoms with Crippen LogP contribution in [0, 0.1) is 23.2 Å². The Morgan fingerprint density at radius 3 is 2.43 bits per heavy atom. The van der Waals surface area contributed by atoms with Gasteiger partial charge in [0.15, 0.2) is 17.0 Å². The summed E-state index contributed by atoms with van der Waals surface area (Å²) in [5.74, 6) is 1.47. The van der Waals surface area contributed by atoms with Gasteiger partial charge in [-0.1, -0.05) is 0 Å². The molecule has 2 aromatic heterocycles. The molecule has 0 saturated heterocycles. The van der Waals surface area contributed by atoms with E-state index in [4.69, 9.17) is 21.1 Å². The molecule has 1 amide bonds. The molecule has 0 aliphatic heterocycles. The first-order chi connectivity index (χ1) is 17.9. The highest BCUT2D eigenvalue weighted by atomic mass is 35.5. The molecule has 37 heavy (non-hydrogen) atoms. The van der Waals surface area contributed by atoms with Gasteiger partial charge in [-0.15, -0.1) is 0 Å². The van der Waals surface area contributed by atoms with Crippen molar-refractivity contribution in [1.82, 2.24) is 24.4 Å². The SMILES string of the molecule is COCCN(CCOC)C(=O)[C@]12C[C@H]1[C@H](n1cnc3c(NC(C4CC4)C4CC4)nc(Cl)nc31)[C@@H](O)[C@H]2O. The number of fused-ring (bicyclic) bond motifs is 2. The molecule has 4 fully saturated rings. The fourth-order valence-corrected chi connectivity index (χ4v) is 6.61. The minimum Gasteiger partial charge on any atom is -0.389 e. The molecular formula is C25H35ClN6O5. The van der Waals surface area contributed by atoms with Gasteiger partial charge in [0.1, 0.15) is 6.10 Å². The van der Waals surface area contributed by atoms with Crippen LogP contribution in [-0.2, 0) is 14.3 Å². The van der Waals surface area contributed by atoms with Crippen molar-refractivity contribution < 1.29 is 24.5 Å². The molecule has 5 atom stereocenters. The number of imidazole rings is 1. The molecule has 0 aromatic carbocycles. The van der Waals surface area contributed by atoms with E-state index in [1.54, 1.807) is 30.0 Å². The highest BCUT2D eigenvalue weighted by Gasteiger charge is 2.76. The Morgan fingerprint density at radius 2 is 1.84 bits per heavy atom. The highest BCUT2D eigenvalue weighted by molar-refractivity contribution is 6.28. The van der Waals surface area contributed by atoms with Gasteiger partial charge in [0.25, 0.3) is 0 Å². The number of aromatic nitrogens is 4. The first kappa shape index (κ1) is 25.2. The second kappa shape index (κ2) is 9.60. The average Bonchev–Trinajstić information content (AvgIpc) is 3.78. The van der Waals surface area contributed by atoms with E-state index in [9.17, 15) is 15.0 Å². The fraction of sp³-hybridized carbons (Fsp3) is 0.760. The second-order valence-electron chi connectivity index (χ2n) is 11.1. The lowest BCUT2D eigenvalue weighted by Crippen LogP contribution is -2.47. The summed E-state index contributed by atoms with van der Waals surface area (Å²) >= 11 is 6.36. The van der Waals surface area contributed by atoms with E-state index in [0.29, 0.717) is 67.6 Å². The number of methoxy groups -OCH3 is 2. The summed E-state index contributed by atoms with van der Waals surface area (Å²) in [6, 6.07) is -0.200. The van der Waals surface area contributed by atoms with Crippen molar-refractivity contribution in [2.45, 2.75) is 56.4 Å². The first-order valence-electron chi connectivity index (χ1n) is 13.2. The van der Waals surface area contributed by atoms with Crippen molar-refractivity contribution in [1.29, 1.82) is 0 Å². The number of nitrogens with zero attached hydrogens (tertiary/aromatic N) is 5. The van der Waals surface area contributed by atoms with E-state index < -0.39 is 23.7 Å². The van der Waals surface area contributed by atoms with E-state index in [1.165, 1.54) is 25.7 Å². The molecule has 0 spiro atoms. The van der Waals surface area contributed by atoms with Gasteiger partial charge in [-0.2, -0.15) is 9.97 Å². The first-order valence-corrected chi connectivity index (χ1v) is 13.6. The summed E-state index contributed by atoms with van der Waals surface area (Å²) in [6.45, 7) is 1.52. The number of hydrogen-bond donors (Lipinski definition) is 3. The normalized spacial score (nSPS) is 30.6. The van der Waals surface area contributed by atoms with E-state index in [1.807, 2.05) is 0 Å². The van der Waals surface area contributed by atoms with Gasteiger partial charge >= 0.3 is 0 Å². The monoisotopic (exact) mass is 534 g/mol. The predicted molar refractivity (Wildman–Crippen MR) is 135 cm³/mol. The Hall–Kier alpha value is -2.05. The molecule has 12 heteroatoms. The van der Waals surface area contributed by atoms with E-state index in [0.717, 1.165) is 0 Å². The van der Waals surface area contributed by atoms with Crippen LogP contribution < -0.4 is 5.32 Å². The van der Waals surface area contributed by atoms with Crippen LogP contribution >= 0.6 is 11.6 Å². The third-order valence-electron chi connectivity index (χ3n) is 8.77. The number of carbonyl (C=O) groups excluding carboxylic acids is 1. The number of halogens is 1. The van der Waals surface area contributed by atoms with Gasteiger partial charge in [0.05, 0.1) is 37.1 Å². The lowest BCUT2D eigenvalue weighted by molar-refractivity contribution is -0.144. The lowest BCUT2D eigenvalue weighted by Gasteiger charge is -2.29. The second-order valence-corrected chi connectivity index (χ2v) is 11.4. The molecule has 0 radical (unpaired) electrons. The lowest BCUT2D eigenvalue weighted by atomic mass is 9.97. The zero-order valence-corrected chi connectivity index (χ0v) is 22.0. The van der Waals surface area contributed by atoms with Crippen molar-refractivity contribution in [3.63, 3.8) is 0 Å². The van der Waals surface area contributed by atoms with Crippen LogP contribution in [0.3, 0.4) is 0 Å². The zero-order valence-electron chi connectivity index (χ0n) is 21.2. The summed E-state index contributed by atoms with van der Waals surface area (Å²) in [4.78, 5) is 28.9. The summed E-state index contributed by atoms with van der Waals surface area (Å²) in [7, 11) is 3.17. The predicted octanol–water partition coefficient (Wildman–Crippen LogP) is 1.48. The summed E-state index contributed by atoms with van der Waals surface area (Å²) in [5.41, 5.74) is 0.0295. The van der Waals surface area contributed by atoms with Gasteiger partial charge in [-0.3, -0.25) is 4.79 Å². The highest BCUT2D eigenvalue weighted by Crippen LogP contribution is 2.68. The van der Waals surface area contributed by atoms with E-state index >= 15 is 0 Å². The van der Waals surface area contributed by atoms with Gasteiger partial charge in [0.2, 0.25) is 11.2 Å². The third-order valence-corrected chi connectivity index (χ3v) is 8.94. The number of aliphatic hydroxyl groups excluding tert-OH is 2. The number of aliphatic hydroxyl groups is 2. The zero-order chi connectivity index (χ0) is 25.9. The molecule has 4 aliphatic rings. The summed E-state index contributed by atoms with van der Waals surface area (Å²) in [5, 5.41) is 26.0. The van der Waals surface area contributed by atoms with Crippen LogP contribution in [-0.4, -0.2) is 99.3 Å². The van der Waals surface area contributed by atoms with Crippen molar-refractivity contribution >= 4 is 34.5 Å². The van der Waals surface area contributed by atoms with Crippen molar-refractivity contribution in [2.24, 2.45) is 23.2 Å². The van der Waals surface area contributed by atoms with Crippen molar-refractivity contribution in [3.8, 4) is 0 Å². The van der Waals surface area contributed by atoms with Gasteiger partial charge in [-0.05, 0) is 55.5 Å². The Bertz CT molecular complexity index is 1150. The number of carbonyl (C=O) groups is 1. The van der Waals surface area contributed by atoms with Crippen LogP contribution in [0.4, 0.5) is 5.82 Å². The number of rotatable bonds is 12. The minimum atomic E-state index is -1.20. The Balaban J connectivity index is 1.29. The Kier molecular flexibility index (Phi) is 6.55. The fourth-order valence-electron chi connectivity index (χ4n) is 6.44. The number of amides is 1. The number of hydrogen-bond acceptors (Lipinski definition) is 9. The molecule has 202 valence electrons. The Morgan fingerprint density at radius 1 is 1.19 bits per heavy atom. The largest absolute Gasteiger partial charge is 0.389 e. The smallest absolute Gasteiger partial charge is 0.232 e. The maximum absolute atomic E-state index is 13.7. The molecule has 4 aliphatic carbocycles. The maximum Gasteiger partial charge on any atom is 0.232 e. The average molecular weight is 535 g/mol. The van der Waals surface area contributed by atoms with Gasteiger partial charge in [-0.25, -0.2) is 4.98 Å². The maximum atomic E-state index is 13.7. The molecule has 2 heterocycles. The van der Waals surface area contributed by atoms with Crippen LogP contribution in [0.5, 0.6) is 0 Å². The van der Waals surface area contributed by atoms with Crippen LogP contribution in [0.25, 0.3) is 11.2 Å². The van der Waals surface area contributed by atoms with Crippen molar-refractivity contribution in [2.75, 3.05) is 45.8 Å². The quantitative estimate of drug-likeness (QED) is 0.346. The number of anilines is 1. The Labute approximate surface area is 220 Å². The molecule has 4 saturated carbocycles. The summed E-state index contributed by atoms with van der Waals surface area (Å²) in [6.07, 6.45) is 4.63. The summed E-state index contributed by atoms with van der Waals surface area (Å²) < 4.78 is 12.1. The van der Waals surface area contributed by atoms with Crippen molar-refractivity contribution in [3.05, 3.63) is 11.6 Å². The molecular weight excluding hydrogens is 500 g/mol. The van der Waals surface area contributed by atoms with Crippen LogP contribution in [0.2, 0.25) is 5.28 Å². The van der Waals surface area contributed by atoms with E-state index in [2.05, 4.69) is 20.3 Å². The molecule has 11 nitrogen and oxygen atoms in total. The standard InChI is InChI=1S/C25H35ClN6O5/c1-36-9-7-31(8-10-37-2)23(35)25-11-15(25)18(19(33)20(25)34)32-12-27-17-21(29-24(26)30-22(17)32)28-16(13-3-4-13)14-5-6-14/h12-16,18-20,33-34H,3-11H2,1-2H3,(H,28,29,30)/t15-,18-,19+,20+,25+/m0/s1. The topological polar surface area (TPSA) is 135 Å². The number of nitrogens with one attached hydrogen (secondary N) is 1. The minimum absolute atomic E-state index is 0.0959.